The number of nitrogens with zero attached hydrogens (tertiary/aromatic N) is 1. The second-order valence-electron chi connectivity index (χ2n) is 5.42. The number of aliphatic hydroxyl groups excluding tert-OH is 1. The van der Waals surface area contributed by atoms with Crippen LogP contribution in [0.2, 0.25) is 0 Å². The molecular weight excluding hydrogens is 320 g/mol. The molecule has 0 saturated heterocycles. The molecule has 1 unspecified atom stereocenters. The standard InChI is InChI=1S/C19H18N2O2S/c1-13-16(24-19(21-13)15-10-6-3-7-11-15)12-20-18(23)17(22)14-8-4-2-5-9-14/h2-11,17,22H,12H2,1H3,(H,20,23). The first-order valence-corrected chi connectivity index (χ1v) is 8.49. The predicted molar refractivity (Wildman–Crippen MR) is 95.5 cm³/mol. The molecule has 0 saturated carbocycles. The van der Waals surface area contributed by atoms with E-state index in [9.17, 15) is 9.90 Å². The van der Waals surface area contributed by atoms with Crippen LogP contribution in [0.25, 0.3) is 10.6 Å². The summed E-state index contributed by atoms with van der Waals surface area (Å²) in [5.74, 6) is -0.407. The van der Waals surface area contributed by atoms with Crippen LogP contribution in [0.1, 0.15) is 22.2 Å². The maximum Gasteiger partial charge on any atom is 0.253 e. The van der Waals surface area contributed by atoms with Gasteiger partial charge in [-0.15, -0.1) is 11.3 Å². The molecule has 4 nitrogen and oxygen atoms in total. The van der Waals surface area contributed by atoms with Gasteiger partial charge in [-0.25, -0.2) is 4.98 Å². The summed E-state index contributed by atoms with van der Waals surface area (Å²) in [6.07, 6.45) is -1.16. The summed E-state index contributed by atoms with van der Waals surface area (Å²) in [5.41, 5.74) is 2.54. The fourth-order valence-electron chi connectivity index (χ4n) is 2.35. The van der Waals surface area contributed by atoms with Gasteiger partial charge in [0, 0.05) is 10.4 Å². The summed E-state index contributed by atoms with van der Waals surface area (Å²) in [4.78, 5) is 17.7. The van der Waals surface area contributed by atoms with E-state index in [1.54, 1.807) is 35.6 Å². The van der Waals surface area contributed by atoms with Crippen LogP contribution in [0.4, 0.5) is 0 Å². The molecule has 2 N–H and O–H groups in total. The van der Waals surface area contributed by atoms with E-state index < -0.39 is 12.0 Å². The van der Waals surface area contributed by atoms with Crippen molar-refractivity contribution in [3.63, 3.8) is 0 Å². The zero-order valence-corrected chi connectivity index (χ0v) is 14.1. The van der Waals surface area contributed by atoms with Crippen molar-refractivity contribution in [3.05, 3.63) is 76.8 Å². The molecule has 1 aromatic heterocycles. The van der Waals surface area contributed by atoms with Crippen molar-refractivity contribution in [1.29, 1.82) is 0 Å². The van der Waals surface area contributed by atoms with Crippen LogP contribution in [0.15, 0.2) is 60.7 Å². The van der Waals surface area contributed by atoms with E-state index in [4.69, 9.17) is 0 Å². The minimum absolute atomic E-state index is 0.360. The van der Waals surface area contributed by atoms with Gasteiger partial charge in [-0.3, -0.25) is 4.79 Å². The molecule has 3 rings (SSSR count). The van der Waals surface area contributed by atoms with E-state index in [0.29, 0.717) is 12.1 Å². The Morgan fingerprint density at radius 3 is 2.42 bits per heavy atom. The lowest BCUT2D eigenvalue weighted by molar-refractivity contribution is -0.129. The van der Waals surface area contributed by atoms with Gasteiger partial charge >= 0.3 is 0 Å². The fourth-order valence-corrected chi connectivity index (χ4v) is 3.35. The molecule has 0 radical (unpaired) electrons. The van der Waals surface area contributed by atoms with Crippen LogP contribution in [0, 0.1) is 6.92 Å². The molecule has 2 aromatic carbocycles. The molecule has 0 aliphatic heterocycles. The number of rotatable bonds is 5. The smallest absolute Gasteiger partial charge is 0.253 e. The minimum Gasteiger partial charge on any atom is -0.378 e. The van der Waals surface area contributed by atoms with Crippen LogP contribution in [0.3, 0.4) is 0 Å². The Labute approximate surface area is 144 Å². The Kier molecular flexibility index (Phi) is 5.03. The highest BCUT2D eigenvalue weighted by molar-refractivity contribution is 7.15. The maximum absolute atomic E-state index is 12.1. The number of nitrogens with one attached hydrogen (secondary N) is 1. The van der Waals surface area contributed by atoms with Crippen molar-refractivity contribution in [2.75, 3.05) is 0 Å². The van der Waals surface area contributed by atoms with Gasteiger partial charge in [-0.2, -0.15) is 0 Å². The number of carbonyl (C=O) groups is 1. The van der Waals surface area contributed by atoms with Crippen molar-refractivity contribution >= 4 is 17.2 Å². The Morgan fingerprint density at radius 2 is 1.75 bits per heavy atom. The Balaban J connectivity index is 1.67. The van der Waals surface area contributed by atoms with Gasteiger partial charge in [0.25, 0.3) is 5.91 Å². The SMILES string of the molecule is Cc1nc(-c2ccccc2)sc1CNC(=O)C(O)c1ccccc1. The summed E-state index contributed by atoms with van der Waals surface area (Å²) < 4.78 is 0. The molecule has 24 heavy (non-hydrogen) atoms. The van der Waals surface area contributed by atoms with Gasteiger partial charge in [0.1, 0.15) is 5.01 Å². The number of thiazole rings is 1. The van der Waals surface area contributed by atoms with Crippen molar-refractivity contribution < 1.29 is 9.90 Å². The first-order chi connectivity index (χ1) is 11.6. The number of hydrogen-bond acceptors (Lipinski definition) is 4. The number of carbonyl (C=O) groups excluding carboxylic acids is 1. The molecule has 0 aliphatic carbocycles. The van der Waals surface area contributed by atoms with Crippen molar-refractivity contribution in [3.8, 4) is 10.6 Å². The largest absolute Gasteiger partial charge is 0.378 e. The number of aliphatic hydroxyl groups is 1. The lowest BCUT2D eigenvalue weighted by Gasteiger charge is -2.11. The summed E-state index contributed by atoms with van der Waals surface area (Å²) in [6, 6.07) is 18.9. The van der Waals surface area contributed by atoms with Crippen molar-refractivity contribution in [1.82, 2.24) is 10.3 Å². The van der Waals surface area contributed by atoms with Crippen LogP contribution in [0.5, 0.6) is 0 Å². The molecule has 0 fully saturated rings. The fraction of sp³-hybridized carbons (Fsp3) is 0.158. The Bertz CT molecular complexity index is 816. The summed E-state index contributed by atoms with van der Waals surface area (Å²) in [6.45, 7) is 2.29. The highest BCUT2D eigenvalue weighted by Gasteiger charge is 2.17. The second kappa shape index (κ2) is 7.38. The summed E-state index contributed by atoms with van der Waals surface area (Å²) in [5, 5.41) is 13.8. The number of aryl methyl sites for hydroxylation is 1. The maximum atomic E-state index is 12.1. The van der Waals surface area contributed by atoms with E-state index in [1.165, 1.54) is 0 Å². The van der Waals surface area contributed by atoms with Crippen molar-refractivity contribution in [2.24, 2.45) is 0 Å². The molecule has 0 aliphatic rings. The Hall–Kier alpha value is -2.50. The zero-order chi connectivity index (χ0) is 16.9. The van der Waals surface area contributed by atoms with Gasteiger partial charge < -0.3 is 10.4 Å². The normalized spacial score (nSPS) is 11.9. The average molecular weight is 338 g/mol. The van der Waals surface area contributed by atoms with Gasteiger partial charge in [0.15, 0.2) is 6.10 Å². The van der Waals surface area contributed by atoms with Crippen LogP contribution in [-0.2, 0) is 11.3 Å². The monoisotopic (exact) mass is 338 g/mol. The molecule has 5 heteroatoms. The summed E-state index contributed by atoms with van der Waals surface area (Å²) in [7, 11) is 0. The number of benzene rings is 2. The molecular formula is C19H18N2O2S. The van der Waals surface area contributed by atoms with E-state index >= 15 is 0 Å². The lowest BCUT2D eigenvalue weighted by Crippen LogP contribution is -2.28. The number of aromatic nitrogens is 1. The van der Waals surface area contributed by atoms with Gasteiger partial charge in [0.05, 0.1) is 12.2 Å². The molecule has 122 valence electrons. The van der Waals surface area contributed by atoms with E-state index in [2.05, 4.69) is 10.3 Å². The van der Waals surface area contributed by atoms with Gasteiger partial charge in [-0.05, 0) is 12.5 Å². The van der Waals surface area contributed by atoms with E-state index in [1.807, 2.05) is 43.3 Å². The second-order valence-corrected chi connectivity index (χ2v) is 6.51. The molecule has 1 atom stereocenters. The van der Waals surface area contributed by atoms with Gasteiger partial charge in [-0.1, -0.05) is 60.7 Å². The zero-order valence-electron chi connectivity index (χ0n) is 13.3. The quantitative estimate of drug-likeness (QED) is 0.749. The molecule has 0 spiro atoms. The van der Waals surface area contributed by atoms with Crippen LogP contribution < -0.4 is 5.32 Å². The third-order valence-corrected chi connectivity index (χ3v) is 4.91. The molecule has 1 amide bonds. The molecule has 1 heterocycles. The first-order valence-electron chi connectivity index (χ1n) is 7.67. The molecule has 0 bridgehead atoms. The van der Waals surface area contributed by atoms with E-state index in [-0.39, 0.29) is 0 Å². The third kappa shape index (κ3) is 3.69. The third-order valence-electron chi connectivity index (χ3n) is 3.70. The topological polar surface area (TPSA) is 62.2 Å². The van der Waals surface area contributed by atoms with Crippen molar-refractivity contribution in [2.45, 2.75) is 19.6 Å². The average Bonchev–Trinajstić information content (AvgIpc) is 3.01. The van der Waals surface area contributed by atoms with Crippen LogP contribution in [-0.4, -0.2) is 16.0 Å². The predicted octanol–water partition coefficient (Wildman–Crippen LogP) is 3.47. The Morgan fingerprint density at radius 1 is 1.12 bits per heavy atom. The minimum atomic E-state index is -1.16. The first kappa shape index (κ1) is 16.4. The van der Waals surface area contributed by atoms with Crippen LogP contribution >= 0.6 is 11.3 Å². The lowest BCUT2D eigenvalue weighted by atomic mass is 10.1. The summed E-state index contributed by atoms with van der Waals surface area (Å²) >= 11 is 1.55. The van der Waals surface area contributed by atoms with E-state index in [0.717, 1.165) is 21.1 Å². The number of hydrogen-bond donors (Lipinski definition) is 2. The van der Waals surface area contributed by atoms with Gasteiger partial charge in [0.2, 0.25) is 0 Å². The molecule has 3 aromatic rings. The highest BCUT2D eigenvalue weighted by atomic mass is 32.1. The number of amides is 1. The highest BCUT2D eigenvalue weighted by Crippen LogP contribution is 2.27.